The fourth-order valence-electron chi connectivity index (χ4n) is 1.58. The lowest BCUT2D eigenvalue weighted by Gasteiger charge is -2.13. The zero-order chi connectivity index (χ0) is 15.0. The van der Waals surface area contributed by atoms with Gasteiger partial charge in [0.2, 0.25) is 0 Å². The largest absolute Gasteiger partial charge is 0.385 e. The number of halogens is 1. The molecule has 1 aromatic carbocycles. The molecule has 0 fully saturated rings. The predicted octanol–water partition coefficient (Wildman–Crippen LogP) is 1.81. The number of nitrogens with one attached hydrogen (secondary N) is 1. The minimum Gasteiger partial charge on any atom is -0.385 e. The summed E-state index contributed by atoms with van der Waals surface area (Å²) in [6.45, 7) is 2.81. The van der Waals surface area contributed by atoms with Gasteiger partial charge in [0.05, 0.1) is 11.6 Å². The summed E-state index contributed by atoms with van der Waals surface area (Å²) in [7, 11) is 1.63. The number of hydrogen-bond donors (Lipinski definition) is 2. The Labute approximate surface area is 124 Å². The summed E-state index contributed by atoms with van der Waals surface area (Å²) < 4.78 is 4.97. The molecule has 3 N–H and O–H groups in total. The van der Waals surface area contributed by atoms with Crippen molar-refractivity contribution in [3.63, 3.8) is 0 Å². The Bertz CT molecular complexity index is 520. The number of amides is 1. The lowest BCUT2D eigenvalue weighted by Crippen LogP contribution is -2.33. The average molecular weight is 295 g/mol. The Balaban J connectivity index is 2.72. The number of carbonyl (C=O) groups excluding carboxylic acids is 1. The third kappa shape index (κ3) is 5.22. The second kappa shape index (κ2) is 8.60. The first-order valence-electron chi connectivity index (χ1n) is 6.36. The van der Waals surface area contributed by atoms with Gasteiger partial charge in [-0.2, -0.15) is 0 Å². The van der Waals surface area contributed by atoms with E-state index in [9.17, 15) is 4.79 Å². The Hall–Kier alpha value is -1.54. The van der Waals surface area contributed by atoms with Crippen molar-refractivity contribution in [1.82, 2.24) is 5.32 Å². The number of hydrogen-bond acceptors (Lipinski definition) is 3. The molecule has 20 heavy (non-hydrogen) atoms. The SMILES string of the molecule is COCCC(C)NC(=O)c1ccc(C#CCN)c(Cl)c1. The smallest absolute Gasteiger partial charge is 0.251 e. The number of ether oxygens (including phenoxy) is 1. The van der Waals surface area contributed by atoms with E-state index in [0.717, 1.165) is 6.42 Å². The van der Waals surface area contributed by atoms with Crippen LogP contribution in [0.25, 0.3) is 0 Å². The van der Waals surface area contributed by atoms with E-state index in [1.807, 2.05) is 6.92 Å². The first-order valence-corrected chi connectivity index (χ1v) is 6.74. The van der Waals surface area contributed by atoms with Gasteiger partial charge < -0.3 is 15.8 Å². The molecular formula is C15H19ClN2O2. The monoisotopic (exact) mass is 294 g/mol. The average Bonchev–Trinajstić information content (AvgIpc) is 2.43. The van der Waals surface area contributed by atoms with Gasteiger partial charge in [-0.3, -0.25) is 4.79 Å². The van der Waals surface area contributed by atoms with Gasteiger partial charge in [-0.1, -0.05) is 23.4 Å². The fourth-order valence-corrected chi connectivity index (χ4v) is 1.81. The Morgan fingerprint density at radius 2 is 2.30 bits per heavy atom. The molecule has 0 radical (unpaired) electrons. The highest BCUT2D eigenvalue weighted by Gasteiger charge is 2.11. The van der Waals surface area contributed by atoms with Crippen molar-refractivity contribution in [2.24, 2.45) is 5.73 Å². The molecule has 108 valence electrons. The van der Waals surface area contributed by atoms with Crippen LogP contribution in [-0.2, 0) is 4.74 Å². The molecule has 4 nitrogen and oxygen atoms in total. The Morgan fingerprint density at radius 3 is 2.90 bits per heavy atom. The van der Waals surface area contributed by atoms with E-state index in [2.05, 4.69) is 17.2 Å². The fraction of sp³-hybridized carbons (Fsp3) is 0.400. The molecule has 0 bridgehead atoms. The van der Waals surface area contributed by atoms with E-state index in [4.69, 9.17) is 22.1 Å². The molecule has 0 aromatic heterocycles. The summed E-state index contributed by atoms with van der Waals surface area (Å²) in [6.07, 6.45) is 0.760. The van der Waals surface area contributed by atoms with E-state index < -0.39 is 0 Å². The third-order valence-corrected chi connectivity index (χ3v) is 3.00. The van der Waals surface area contributed by atoms with E-state index >= 15 is 0 Å². The second-order valence-electron chi connectivity index (χ2n) is 4.36. The number of benzene rings is 1. The molecule has 0 saturated heterocycles. The van der Waals surface area contributed by atoms with Crippen LogP contribution in [0, 0.1) is 11.8 Å². The van der Waals surface area contributed by atoms with Crippen LogP contribution in [0.2, 0.25) is 5.02 Å². The number of carbonyl (C=O) groups is 1. The molecule has 1 aromatic rings. The van der Waals surface area contributed by atoms with Crippen molar-refractivity contribution in [2.45, 2.75) is 19.4 Å². The maximum absolute atomic E-state index is 12.0. The molecule has 0 aliphatic rings. The van der Waals surface area contributed by atoms with Crippen LogP contribution in [0.15, 0.2) is 18.2 Å². The molecule has 1 atom stereocenters. The summed E-state index contributed by atoms with van der Waals surface area (Å²) in [5.41, 5.74) is 6.49. The van der Waals surface area contributed by atoms with Crippen molar-refractivity contribution in [2.75, 3.05) is 20.3 Å². The summed E-state index contributed by atoms with van der Waals surface area (Å²) in [5.74, 6) is 5.42. The molecular weight excluding hydrogens is 276 g/mol. The van der Waals surface area contributed by atoms with Gasteiger partial charge in [0.25, 0.3) is 5.91 Å². The molecule has 1 amide bonds. The normalized spacial score (nSPS) is 11.4. The summed E-state index contributed by atoms with van der Waals surface area (Å²) >= 11 is 6.09. The zero-order valence-electron chi connectivity index (χ0n) is 11.7. The topological polar surface area (TPSA) is 64.3 Å². The van der Waals surface area contributed by atoms with Crippen LogP contribution in [0.4, 0.5) is 0 Å². The lowest BCUT2D eigenvalue weighted by atomic mass is 10.1. The van der Waals surface area contributed by atoms with Crippen molar-refractivity contribution in [3.05, 3.63) is 34.3 Å². The maximum atomic E-state index is 12.0. The molecule has 5 heteroatoms. The minimum atomic E-state index is -0.158. The third-order valence-electron chi connectivity index (χ3n) is 2.69. The van der Waals surface area contributed by atoms with Crippen LogP contribution < -0.4 is 11.1 Å². The van der Waals surface area contributed by atoms with Crippen LogP contribution in [-0.4, -0.2) is 32.2 Å². The highest BCUT2D eigenvalue weighted by molar-refractivity contribution is 6.32. The predicted molar refractivity (Wildman–Crippen MR) is 80.8 cm³/mol. The van der Waals surface area contributed by atoms with Crippen molar-refractivity contribution >= 4 is 17.5 Å². The molecule has 0 aliphatic carbocycles. The zero-order valence-corrected chi connectivity index (χ0v) is 12.5. The highest BCUT2D eigenvalue weighted by atomic mass is 35.5. The van der Waals surface area contributed by atoms with E-state index in [0.29, 0.717) is 22.8 Å². The van der Waals surface area contributed by atoms with Gasteiger partial charge in [0.1, 0.15) is 0 Å². The van der Waals surface area contributed by atoms with Gasteiger partial charge in [-0.15, -0.1) is 0 Å². The lowest BCUT2D eigenvalue weighted by molar-refractivity contribution is 0.0929. The van der Waals surface area contributed by atoms with Crippen LogP contribution in [0.5, 0.6) is 0 Å². The van der Waals surface area contributed by atoms with E-state index in [1.54, 1.807) is 25.3 Å². The molecule has 1 rings (SSSR count). The molecule has 0 heterocycles. The van der Waals surface area contributed by atoms with Crippen LogP contribution >= 0.6 is 11.6 Å². The van der Waals surface area contributed by atoms with E-state index in [-0.39, 0.29) is 18.5 Å². The van der Waals surface area contributed by atoms with Gasteiger partial charge in [0, 0.05) is 30.9 Å². The van der Waals surface area contributed by atoms with Crippen molar-refractivity contribution in [3.8, 4) is 11.8 Å². The standard InChI is InChI=1S/C15H19ClN2O2/c1-11(7-9-20-2)18-15(19)13-6-5-12(4-3-8-17)14(16)10-13/h5-6,10-11H,7-9,17H2,1-2H3,(H,18,19). The van der Waals surface area contributed by atoms with Crippen molar-refractivity contribution < 1.29 is 9.53 Å². The second-order valence-corrected chi connectivity index (χ2v) is 4.76. The molecule has 0 spiro atoms. The number of rotatable bonds is 5. The summed E-state index contributed by atoms with van der Waals surface area (Å²) in [4.78, 5) is 12.0. The quantitative estimate of drug-likeness (QED) is 0.814. The molecule has 0 aliphatic heterocycles. The first-order chi connectivity index (χ1) is 9.58. The van der Waals surface area contributed by atoms with Gasteiger partial charge in [-0.05, 0) is 31.5 Å². The van der Waals surface area contributed by atoms with Crippen LogP contribution in [0.1, 0.15) is 29.3 Å². The van der Waals surface area contributed by atoms with Crippen molar-refractivity contribution in [1.29, 1.82) is 0 Å². The Kier molecular flexibility index (Phi) is 7.10. The maximum Gasteiger partial charge on any atom is 0.251 e. The Morgan fingerprint density at radius 1 is 1.55 bits per heavy atom. The highest BCUT2D eigenvalue weighted by Crippen LogP contribution is 2.17. The molecule has 0 saturated carbocycles. The van der Waals surface area contributed by atoms with E-state index in [1.165, 1.54) is 0 Å². The number of nitrogens with two attached hydrogens (primary N) is 1. The minimum absolute atomic E-state index is 0.0398. The summed E-state index contributed by atoms with van der Waals surface area (Å²) in [6, 6.07) is 5.07. The van der Waals surface area contributed by atoms with Gasteiger partial charge in [0.15, 0.2) is 0 Å². The van der Waals surface area contributed by atoms with Gasteiger partial charge in [-0.25, -0.2) is 0 Å². The summed E-state index contributed by atoms with van der Waals surface area (Å²) in [5, 5.41) is 3.33. The first kappa shape index (κ1) is 16.5. The molecule has 1 unspecified atom stereocenters. The van der Waals surface area contributed by atoms with Gasteiger partial charge >= 0.3 is 0 Å². The van der Waals surface area contributed by atoms with Crippen LogP contribution in [0.3, 0.4) is 0 Å². The number of methoxy groups -OCH3 is 1.